The molecule has 0 heterocycles. The number of halogens is 1. The average molecular weight is 314 g/mol. The summed E-state index contributed by atoms with van der Waals surface area (Å²) in [6.45, 7) is 6.79. The number of hydrogen-bond acceptors (Lipinski definition) is 2. The number of sulfonamides is 1. The minimum absolute atomic E-state index is 0.249. The van der Waals surface area contributed by atoms with Crippen molar-refractivity contribution in [2.75, 3.05) is 17.6 Å². The molecule has 0 aromatic rings. The molecule has 0 saturated carbocycles. The monoisotopic (exact) mass is 313 g/mol. The number of nitrogens with one attached hydrogen (secondary N) is 1. The molecule has 3 nitrogen and oxygen atoms in total. The summed E-state index contributed by atoms with van der Waals surface area (Å²) in [4.78, 5) is 0. The van der Waals surface area contributed by atoms with Crippen LogP contribution >= 0.6 is 15.9 Å². The predicted octanol–water partition coefficient (Wildman–Crippen LogP) is 2.76. The first-order chi connectivity index (χ1) is 7.37. The van der Waals surface area contributed by atoms with Crippen LogP contribution in [-0.4, -0.2) is 26.0 Å². The Kier molecular flexibility index (Phi) is 8.68. The zero-order valence-corrected chi connectivity index (χ0v) is 12.9. The molecule has 0 rings (SSSR count). The summed E-state index contributed by atoms with van der Waals surface area (Å²) in [5, 5.41) is 0.979. The van der Waals surface area contributed by atoms with Crippen LogP contribution in [0.3, 0.4) is 0 Å². The quantitative estimate of drug-likeness (QED) is 0.525. The van der Waals surface area contributed by atoms with Gasteiger partial charge >= 0.3 is 0 Å². The van der Waals surface area contributed by atoms with Crippen molar-refractivity contribution in [3.05, 3.63) is 0 Å². The van der Waals surface area contributed by atoms with Crippen LogP contribution in [0.25, 0.3) is 0 Å². The van der Waals surface area contributed by atoms with E-state index in [4.69, 9.17) is 0 Å². The maximum atomic E-state index is 11.5. The third-order valence-corrected chi connectivity index (χ3v) is 4.95. The van der Waals surface area contributed by atoms with Crippen molar-refractivity contribution >= 4 is 26.0 Å². The van der Waals surface area contributed by atoms with Gasteiger partial charge in [-0.2, -0.15) is 0 Å². The minimum atomic E-state index is -3.04. The third-order valence-electron chi connectivity index (χ3n) is 2.42. The van der Waals surface area contributed by atoms with Gasteiger partial charge in [0.25, 0.3) is 0 Å². The molecule has 0 aromatic heterocycles. The molecule has 16 heavy (non-hydrogen) atoms. The van der Waals surface area contributed by atoms with Gasteiger partial charge in [-0.1, -0.05) is 36.7 Å². The molecule has 0 aliphatic heterocycles. The maximum Gasteiger partial charge on any atom is 0.211 e. The van der Waals surface area contributed by atoms with E-state index in [0.717, 1.165) is 24.6 Å². The second kappa shape index (κ2) is 8.48. The van der Waals surface area contributed by atoms with Crippen molar-refractivity contribution in [2.45, 2.75) is 40.0 Å². The molecule has 98 valence electrons. The molecule has 1 unspecified atom stereocenters. The van der Waals surface area contributed by atoms with Crippen LogP contribution in [0.1, 0.15) is 40.0 Å². The van der Waals surface area contributed by atoms with Crippen LogP contribution in [0.4, 0.5) is 0 Å². The second-order valence-electron chi connectivity index (χ2n) is 4.80. The van der Waals surface area contributed by atoms with Crippen molar-refractivity contribution in [2.24, 2.45) is 11.8 Å². The fourth-order valence-electron chi connectivity index (χ4n) is 1.22. The summed E-state index contributed by atoms with van der Waals surface area (Å²) in [5.74, 6) is 1.30. The van der Waals surface area contributed by atoms with E-state index in [2.05, 4.69) is 27.6 Å². The van der Waals surface area contributed by atoms with Crippen LogP contribution in [0, 0.1) is 11.8 Å². The van der Waals surface area contributed by atoms with E-state index in [9.17, 15) is 8.42 Å². The molecule has 1 atom stereocenters. The summed E-state index contributed by atoms with van der Waals surface area (Å²) in [7, 11) is -3.04. The van der Waals surface area contributed by atoms with E-state index in [1.807, 2.05) is 13.8 Å². The highest BCUT2D eigenvalue weighted by atomic mass is 79.9. The van der Waals surface area contributed by atoms with E-state index >= 15 is 0 Å². The lowest BCUT2D eigenvalue weighted by Crippen LogP contribution is -2.28. The number of hydrogen-bond donors (Lipinski definition) is 1. The maximum absolute atomic E-state index is 11.5. The molecule has 0 bridgehead atoms. The Morgan fingerprint density at radius 1 is 1.19 bits per heavy atom. The van der Waals surface area contributed by atoms with E-state index in [-0.39, 0.29) is 5.75 Å². The van der Waals surface area contributed by atoms with E-state index in [0.29, 0.717) is 18.4 Å². The van der Waals surface area contributed by atoms with Gasteiger partial charge in [0.2, 0.25) is 10.0 Å². The predicted molar refractivity (Wildman–Crippen MR) is 73.4 cm³/mol. The summed E-state index contributed by atoms with van der Waals surface area (Å²) in [5.41, 5.74) is 0. The van der Waals surface area contributed by atoms with Gasteiger partial charge in [-0.25, -0.2) is 13.1 Å². The first-order valence-corrected chi connectivity index (χ1v) is 8.68. The van der Waals surface area contributed by atoms with E-state index < -0.39 is 10.0 Å². The highest BCUT2D eigenvalue weighted by Gasteiger charge is 2.10. The van der Waals surface area contributed by atoms with Gasteiger partial charge < -0.3 is 0 Å². The van der Waals surface area contributed by atoms with Gasteiger partial charge in [0.1, 0.15) is 0 Å². The van der Waals surface area contributed by atoms with Gasteiger partial charge in [-0.3, -0.25) is 0 Å². The molecule has 0 aromatic carbocycles. The Morgan fingerprint density at radius 2 is 1.81 bits per heavy atom. The minimum Gasteiger partial charge on any atom is -0.215 e. The van der Waals surface area contributed by atoms with Crippen molar-refractivity contribution < 1.29 is 8.42 Å². The SMILES string of the molecule is CC(C)CCS(=O)(=O)NCCCC(C)CBr. The molecule has 0 amide bonds. The third kappa shape index (κ3) is 9.60. The van der Waals surface area contributed by atoms with Crippen LogP contribution < -0.4 is 4.72 Å². The number of rotatable bonds is 9. The van der Waals surface area contributed by atoms with Gasteiger partial charge in [0.05, 0.1) is 5.75 Å². The normalized spacial score (nSPS) is 14.3. The Hall–Kier alpha value is 0.390. The molecule has 1 N–H and O–H groups in total. The first-order valence-electron chi connectivity index (χ1n) is 5.90. The second-order valence-corrected chi connectivity index (χ2v) is 7.37. The molecule has 0 saturated heterocycles. The Morgan fingerprint density at radius 3 is 2.31 bits per heavy atom. The Bertz CT molecular complexity index is 265. The van der Waals surface area contributed by atoms with Crippen LogP contribution in [0.2, 0.25) is 0 Å². The van der Waals surface area contributed by atoms with Crippen molar-refractivity contribution in [3.8, 4) is 0 Å². The van der Waals surface area contributed by atoms with E-state index in [1.54, 1.807) is 0 Å². The van der Waals surface area contributed by atoms with Crippen LogP contribution in [-0.2, 0) is 10.0 Å². The van der Waals surface area contributed by atoms with Crippen molar-refractivity contribution in [1.29, 1.82) is 0 Å². The topological polar surface area (TPSA) is 46.2 Å². The highest BCUT2D eigenvalue weighted by Crippen LogP contribution is 2.08. The van der Waals surface area contributed by atoms with Crippen LogP contribution in [0.5, 0.6) is 0 Å². The largest absolute Gasteiger partial charge is 0.215 e. The molecule has 0 radical (unpaired) electrons. The van der Waals surface area contributed by atoms with E-state index in [1.165, 1.54) is 0 Å². The lowest BCUT2D eigenvalue weighted by atomic mass is 10.1. The lowest BCUT2D eigenvalue weighted by molar-refractivity contribution is 0.539. The van der Waals surface area contributed by atoms with Gasteiger partial charge in [0, 0.05) is 11.9 Å². The van der Waals surface area contributed by atoms with Crippen molar-refractivity contribution in [3.63, 3.8) is 0 Å². The summed E-state index contributed by atoms with van der Waals surface area (Å²) in [6.07, 6.45) is 2.69. The first kappa shape index (κ1) is 16.4. The zero-order valence-electron chi connectivity index (χ0n) is 10.5. The molecule has 0 aliphatic carbocycles. The van der Waals surface area contributed by atoms with Gasteiger partial charge in [-0.05, 0) is 31.1 Å². The average Bonchev–Trinajstić information content (AvgIpc) is 2.21. The van der Waals surface area contributed by atoms with Crippen molar-refractivity contribution in [1.82, 2.24) is 4.72 Å². The summed E-state index contributed by atoms with van der Waals surface area (Å²) >= 11 is 3.41. The molecule has 0 fully saturated rings. The molecule has 0 spiro atoms. The Labute approximate surface area is 109 Å². The molecule has 5 heteroatoms. The van der Waals surface area contributed by atoms with Crippen LogP contribution in [0.15, 0.2) is 0 Å². The highest BCUT2D eigenvalue weighted by molar-refractivity contribution is 9.09. The summed E-state index contributed by atoms with van der Waals surface area (Å²) < 4.78 is 25.7. The Balaban J connectivity index is 3.66. The molecule has 0 aliphatic rings. The molecular formula is C11H24BrNO2S. The summed E-state index contributed by atoms with van der Waals surface area (Å²) in [6, 6.07) is 0. The van der Waals surface area contributed by atoms with Gasteiger partial charge in [0.15, 0.2) is 0 Å². The van der Waals surface area contributed by atoms with Gasteiger partial charge in [-0.15, -0.1) is 0 Å². The smallest absolute Gasteiger partial charge is 0.211 e. The molecular weight excluding hydrogens is 290 g/mol. The number of alkyl halides is 1. The zero-order chi connectivity index (χ0) is 12.6. The lowest BCUT2D eigenvalue weighted by Gasteiger charge is -2.09. The standard InChI is InChI=1S/C11H24BrNO2S/c1-10(2)6-8-16(14,15)13-7-4-5-11(3)9-12/h10-11,13H,4-9H2,1-3H3. The fourth-order valence-corrected chi connectivity index (χ4v) is 2.92. The fraction of sp³-hybridized carbons (Fsp3) is 1.00.